The molecule has 0 atom stereocenters. The van der Waals surface area contributed by atoms with Crippen molar-refractivity contribution in [1.29, 1.82) is 0 Å². The molecule has 0 saturated carbocycles. The second-order valence-electron chi connectivity index (χ2n) is 6.73. The lowest BCUT2D eigenvalue weighted by atomic mass is 10.2. The van der Waals surface area contributed by atoms with Gasteiger partial charge in [-0.25, -0.2) is 9.18 Å². The number of carbonyl (C=O) groups is 2. The molecule has 0 aliphatic carbocycles. The molecule has 0 unspecified atom stereocenters. The van der Waals surface area contributed by atoms with Crippen molar-refractivity contribution in [3.05, 3.63) is 89.5 Å². The zero-order valence-corrected chi connectivity index (χ0v) is 15.6. The minimum atomic E-state index is -0.290. The quantitative estimate of drug-likeness (QED) is 0.713. The predicted molar refractivity (Wildman–Crippen MR) is 108 cm³/mol. The third kappa shape index (κ3) is 4.24. The molecule has 29 heavy (non-hydrogen) atoms. The fraction of sp³-hybridized carbons (Fsp3) is 0.136. The van der Waals surface area contributed by atoms with Gasteiger partial charge in [0.05, 0.1) is 5.56 Å². The monoisotopic (exact) mass is 390 g/mol. The summed E-state index contributed by atoms with van der Waals surface area (Å²) >= 11 is 0. The molecular weight excluding hydrogens is 371 g/mol. The molecule has 0 bridgehead atoms. The van der Waals surface area contributed by atoms with Crippen LogP contribution in [0.25, 0.3) is 0 Å². The second-order valence-corrected chi connectivity index (χ2v) is 6.73. The number of fused-ring (bicyclic) bond motifs is 1. The fourth-order valence-electron chi connectivity index (χ4n) is 3.26. The van der Waals surface area contributed by atoms with Gasteiger partial charge in [-0.2, -0.15) is 0 Å². The average Bonchev–Trinajstić information content (AvgIpc) is 3.16. The van der Waals surface area contributed by atoms with Crippen LogP contribution in [0, 0.1) is 5.82 Å². The molecule has 2 N–H and O–H groups in total. The molecule has 0 spiro atoms. The molecule has 2 heterocycles. The van der Waals surface area contributed by atoms with E-state index in [-0.39, 0.29) is 17.8 Å². The molecule has 3 aromatic rings. The molecule has 0 fully saturated rings. The number of hydrogen-bond acceptors (Lipinski definition) is 3. The van der Waals surface area contributed by atoms with Gasteiger partial charge in [-0.05, 0) is 60.0 Å². The normalized spacial score (nSPS) is 12.4. The van der Waals surface area contributed by atoms with Crippen LogP contribution < -0.4 is 15.5 Å². The summed E-state index contributed by atoms with van der Waals surface area (Å²) in [6, 6.07) is 14.9. The summed E-state index contributed by atoms with van der Waals surface area (Å²) in [4.78, 5) is 30.2. The predicted octanol–water partition coefficient (Wildman–Crippen LogP) is 3.75. The van der Waals surface area contributed by atoms with Crippen molar-refractivity contribution in [2.75, 3.05) is 16.8 Å². The van der Waals surface area contributed by atoms with Crippen LogP contribution in [-0.4, -0.2) is 23.5 Å². The van der Waals surface area contributed by atoms with E-state index in [0.717, 1.165) is 16.8 Å². The Hall–Kier alpha value is -3.74. The van der Waals surface area contributed by atoms with E-state index in [9.17, 15) is 14.0 Å². The van der Waals surface area contributed by atoms with Gasteiger partial charge in [0.2, 0.25) is 0 Å². The summed E-state index contributed by atoms with van der Waals surface area (Å²) < 4.78 is 13.3. The number of nitrogens with one attached hydrogen (secondary N) is 2. The highest BCUT2D eigenvalue weighted by Gasteiger charge is 2.24. The van der Waals surface area contributed by atoms with E-state index in [0.29, 0.717) is 30.8 Å². The van der Waals surface area contributed by atoms with Gasteiger partial charge in [0, 0.05) is 36.9 Å². The summed E-state index contributed by atoms with van der Waals surface area (Å²) in [5, 5.41) is 5.69. The Labute approximate surface area is 167 Å². The Morgan fingerprint density at radius 1 is 1.10 bits per heavy atom. The van der Waals surface area contributed by atoms with Crippen molar-refractivity contribution in [3.8, 4) is 0 Å². The maximum Gasteiger partial charge on any atom is 0.322 e. The molecule has 4 rings (SSSR count). The van der Waals surface area contributed by atoms with Crippen molar-refractivity contribution in [2.45, 2.75) is 13.0 Å². The number of anilines is 2. The standard InChI is InChI=1S/C22H19FN4O2/c23-18-5-8-20-16(12-18)9-11-27(20)22(29)25-13-15-3-6-19(7-4-15)26-21(28)17-2-1-10-24-14-17/h1-8,10,12,14H,9,11,13H2,(H,25,29)(H,26,28). The lowest BCUT2D eigenvalue weighted by Gasteiger charge is -2.18. The molecule has 0 radical (unpaired) electrons. The molecule has 0 saturated heterocycles. The lowest BCUT2D eigenvalue weighted by molar-refractivity contribution is 0.102. The van der Waals surface area contributed by atoms with Gasteiger partial charge in [0.15, 0.2) is 0 Å². The number of amides is 3. The maximum absolute atomic E-state index is 13.3. The van der Waals surface area contributed by atoms with E-state index >= 15 is 0 Å². The molecule has 2 aromatic carbocycles. The third-order valence-electron chi connectivity index (χ3n) is 4.76. The highest BCUT2D eigenvalue weighted by molar-refractivity contribution is 6.04. The van der Waals surface area contributed by atoms with Gasteiger partial charge in [-0.15, -0.1) is 0 Å². The number of benzene rings is 2. The number of pyridine rings is 1. The Morgan fingerprint density at radius 3 is 2.69 bits per heavy atom. The first-order chi connectivity index (χ1) is 14.1. The smallest absolute Gasteiger partial charge is 0.322 e. The minimum absolute atomic E-state index is 0.218. The van der Waals surface area contributed by atoms with E-state index in [1.165, 1.54) is 18.3 Å². The first-order valence-corrected chi connectivity index (χ1v) is 9.24. The van der Waals surface area contributed by atoms with Gasteiger partial charge >= 0.3 is 6.03 Å². The Morgan fingerprint density at radius 2 is 1.93 bits per heavy atom. The summed E-state index contributed by atoms with van der Waals surface area (Å²) in [6.07, 6.45) is 3.76. The molecule has 146 valence electrons. The van der Waals surface area contributed by atoms with Gasteiger partial charge in [-0.1, -0.05) is 12.1 Å². The molecular formula is C22H19FN4O2. The van der Waals surface area contributed by atoms with Crippen molar-refractivity contribution < 1.29 is 14.0 Å². The number of halogens is 1. The SMILES string of the molecule is O=C(Nc1ccc(CNC(=O)N2CCc3cc(F)ccc32)cc1)c1cccnc1. The Kier molecular flexibility index (Phi) is 5.20. The number of urea groups is 1. The van der Waals surface area contributed by atoms with Crippen molar-refractivity contribution in [3.63, 3.8) is 0 Å². The zero-order valence-electron chi connectivity index (χ0n) is 15.6. The molecule has 1 aliphatic rings. The molecule has 6 nitrogen and oxygen atoms in total. The van der Waals surface area contributed by atoms with Gasteiger partial charge in [-0.3, -0.25) is 14.7 Å². The number of carbonyl (C=O) groups excluding carboxylic acids is 2. The number of hydrogen-bond donors (Lipinski definition) is 2. The first-order valence-electron chi connectivity index (χ1n) is 9.24. The van der Waals surface area contributed by atoms with Crippen LogP contribution >= 0.6 is 0 Å². The zero-order chi connectivity index (χ0) is 20.2. The summed E-state index contributed by atoms with van der Waals surface area (Å²) in [6.45, 7) is 0.882. The van der Waals surface area contributed by atoms with Crippen LogP contribution in [0.3, 0.4) is 0 Å². The number of rotatable bonds is 4. The summed E-state index contributed by atoms with van der Waals surface area (Å²) in [7, 11) is 0. The van der Waals surface area contributed by atoms with E-state index in [2.05, 4.69) is 15.6 Å². The van der Waals surface area contributed by atoms with Crippen molar-refractivity contribution >= 4 is 23.3 Å². The largest absolute Gasteiger partial charge is 0.334 e. The van der Waals surface area contributed by atoms with E-state index in [1.54, 1.807) is 41.4 Å². The summed E-state index contributed by atoms with van der Waals surface area (Å²) in [5.41, 5.74) is 3.63. The van der Waals surface area contributed by atoms with Crippen molar-refractivity contribution in [2.24, 2.45) is 0 Å². The Bertz CT molecular complexity index is 1040. The van der Waals surface area contributed by atoms with Gasteiger partial charge in [0.25, 0.3) is 5.91 Å². The van der Waals surface area contributed by atoms with E-state index < -0.39 is 0 Å². The topological polar surface area (TPSA) is 74.3 Å². The van der Waals surface area contributed by atoms with Gasteiger partial charge in [0.1, 0.15) is 5.82 Å². The highest BCUT2D eigenvalue weighted by atomic mass is 19.1. The van der Waals surface area contributed by atoms with Crippen LogP contribution in [0.4, 0.5) is 20.6 Å². The van der Waals surface area contributed by atoms with Crippen molar-refractivity contribution in [1.82, 2.24) is 10.3 Å². The third-order valence-corrected chi connectivity index (χ3v) is 4.76. The minimum Gasteiger partial charge on any atom is -0.334 e. The van der Waals surface area contributed by atoms with E-state index in [4.69, 9.17) is 0 Å². The van der Waals surface area contributed by atoms with Gasteiger partial charge < -0.3 is 10.6 Å². The lowest BCUT2D eigenvalue weighted by Crippen LogP contribution is -2.38. The summed E-state index contributed by atoms with van der Waals surface area (Å²) in [5.74, 6) is -0.523. The van der Waals surface area contributed by atoms with Crippen LogP contribution in [0.2, 0.25) is 0 Å². The maximum atomic E-state index is 13.3. The molecule has 7 heteroatoms. The van der Waals surface area contributed by atoms with Crippen LogP contribution in [0.1, 0.15) is 21.5 Å². The van der Waals surface area contributed by atoms with E-state index in [1.807, 2.05) is 12.1 Å². The Balaban J connectivity index is 1.33. The first kappa shape index (κ1) is 18.6. The highest BCUT2D eigenvalue weighted by Crippen LogP contribution is 2.28. The van der Waals surface area contributed by atoms with Crippen LogP contribution in [0.5, 0.6) is 0 Å². The molecule has 3 amide bonds. The average molecular weight is 390 g/mol. The molecule has 1 aliphatic heterocycles. The van der Waals surface area contributed by atoms with Crippen LogP contribution in [0.15, 0.2) is 67.0 Å². The second kappa shape index (κ2) is 8.10. The number of aromatic nitrogens is 1. The molecule has 1 aromatic heterocycles. The van der Waals surface area contributed by atoms with Crippen LogP contribution in [-0.2, 0) is 13.0 Å². The fourth-order valence-corrected chi connectivity index (χ4v) is 3.26. The number of nitrogens with zero attached hydrogens (tertiary/aromatic N) is 2.